The van der Waals surface area contributed by atoms with Crippen LogP contribution in [0.1, 0.15) is 20.3 Å². The van der Waals surface area contributed by atoms with Crippen LogP contribution in [0, 0.1) is 0 Å². The topological polar surface area (TPSA) is 20.2 Å². The Morgan fingerprint density at radius 3 is 2.50 bits per heavy atom. The third-order valence-corrected chi connectivity index (χ3v) is 1.31. The third-order valence-electron chi connectivity index (χ3n) is 1.31. The van der Waals surface area contributed by atoms with E-state index < -0.39 is 0 Å². The molecule has 0 aromatic carbocycles. The lowest BCUT2D eigenvalue weighted by atomic mass is 10.2. The van der Waals surface area contributed by atoms with E-state index >= 15 is 0 Å². The first kappa shape index (κ1) is 9.02. The van der Waals surface area contributed by atoms with Crippen molar-refractivity contribution in [3.05, 3.63) is 36.1 Å². The molecule has 0 heterocycles. The molecule has 0 aromatic rings. The van der Waals surface area contributed by atoms with E-state index in [9.17, 15) is 0 Å². The van der Waals surface area contributed by atoms with Gasteiger partial charge in [0.2, 0.25) is 0 Å². The summed E-state index contributed by atoms with van der Waals surface area (Å²) in [7, 11) is 0. The Kier molecular flexibility index (Phi) is 4.38. The molecule has 1 nitrogen and oxygen atoms in total. The van der Waals surface area contributed by atoms with E-state index in [1.807, 2.05) is 13.0 Å². The SMILES string of the molecule is C=C/C(O)=C\C=C(\C)CC. The van der Waals surface area contributed by atoms with Gasteiger partial charge in [0.1, 0.15) is 5.76 Å². The largest absolute Gasteiger partial charge is 0.508 e. The molecule has 0 radical (unpaired) electrons. The average Bonchev–Trinajstić information content (AvgIpc) is 1.99. The van der Waals surface area contributed by atoms with Crippen LogP contribution >= 0.6 is 0 Å². The number of allylic oxidation sites excluding steroid dienone is 4. The summed E-state index contributed by atoms with van der Waals surface area (Å²) in [5, 5.41) is 8.90. The van der Waals surface area contributed by atoms with Gasteiger partial charge in [-0.05, 0) is 25.5 Å². The monoisotopic (exact) mass is 138 g/mol. The van der Waals surface area contributed by atoms with Crippen molar-refractivity contribution in [2.45, 2.75) is 20.3 Å². The zero-order valence-corrected chi connectivity index (χ0v) is 6.59. The number of aliphatic hydroxyl groups is 1. The van der Waals surface area contributed by atoms with Crippen molar-refractivity contribution in [2.75, 3.05) is 0 Å². The summed E-state index contributed by atoms with van der Waals surface area (Å²) in [6.45, 7) is 7.51. The van der Waals surface area contributed by atoms with E-state index in [1.54, 1.807) is 6.08 Å². The standard InChI is InChI=1S/C9H14O/c1-4-8(3)6-7-9(10)5-2/h5-7,10H,2,4H2,1,3H3/b8-6-,9-7+. The fourth-order valence-corrected chi connectivity index (χ4v) is 0.414. The third kappa shape index (κ3) is 3.96. The summed E-state index contributed by atoms with van der Waals surface area (Å²) in [6.07, 6.45) is 5.96. The molecule has 0 unspecified atom stereocenters. The van der Waals surface area contributed by atoms with Crippen molar-refractivity contribution in [3.8, 4) is 0 Å². The highest BCUT2D eigenvalue weighted by atomic mass is 16.3. The molecule has 56 valence electrons. The fraction of sp³-hybridized carbons (Fsp3) is 0.333. The van der Waals surface area contributed by atoms with E-state index in [4.69, 9.17) is 5.11 Å². The van der Waals surface area contributed by atoms with Gasteiger partial charge in [-0.25, -0.2) is 0 Å². The van der Waals surface area contributed by atoms with Gasteiger partial charge in [-0.2, -0.15) is 0 Å². The van der Waals surface area contributed by atoms with Gasteiger partial charge in [0.25, 0.3) is 0 Å². The molecule has 0 rings (SSSR count). The highest BCUT2D eigenvalue weighted by Crippen LogP contribution is 1.99. The maximum absolute atomic E-state index is 8.90. The fourth-order valence-electron chi connectivity index (χ4n) is 0.414. The van der Waals surface area contributed by atoms with Gasteiger partial charge >= 0.3 is 0 Å². The Balaban J connectivity index is 4.03. The van der Waals surface area contributed by atoms with Crippen LogP contribution in [0.5, 0.6) is 0 Å². The first-order valence-corrected chi connectivity index (χ1v) is 3.39. The van der Waals surface area contributed by atoms with E-state index in [0.29, 0.717) is 0 Å². The van der Waals surface area contributed by atoms with Crippen molar-refractivity contribution < 1.29 is 5.11 Å². The summed E-state index contributed by atoms with van der Waals surface area (Å²) >= 11 is 0. The van der Waals surface area contributed by atoms with Gasteiger partial charge in [-0.1, -0.05) is 25.2 Å². The highest BCUT2D eigenvalue weighted by Gasteiger charge is 1.81. The lowest BCUT2D eigenvalue weighted by Gasteiger charge is -1.90. The van der Waals surface area contributed by atoms with Crippen LogP contribution in [0.2, 0.25) is 0 Å². The van der Waals surface area contributed by atoms with Crippen LogP contribution in [0.3, 0.4) is 0 Å². The molecule has 0 aliphatic heterocycles. The van der Waals surface area contributed by atoms with Crippen LogP contribution in [-0.4, -0.2) is 5.11 Å². The lowest BCUT2D eigenvalue weighted by Crippen LogP contribution is -1.72. The molecule has 0 spiro atoms. The minimum absolute atomic E-state index is 0.216. The molecule has 0 bridgehead atoms. The number of aliphatic hydroxyl groups excluding tert-OH is 1. The van der Waals surface area contributed by atoms with Crippen molar-refractivity contribution >= 4 is 0 Å². The van der Waals surface area contributed by atoms with Crippen LogP contribution in [0.4, 0.5) is 0 Å². The molecule has 0 atom stereocenters. The number of hydrogen-bond acceptors (Lipinski definition) is 1. The van der Waals surface area contributed by atoms with Crippen LogP contribution in [0.15, 0.2) is 36.1 Å². The molecular weight excluding hydrogens is 124 g/mol. The second kappa shape index (κ2) is 4.86. The predicted octanol–water partition coefficient (Wildman–Crippen LogP) is 2.97. The van der Waals surface area contributed by atoms with E-state index in [0.717, 1.165) is 6.42 Å². The van der Waals surface area contributed by atoms with Crippen molar-refractivity contribution in [3.63, 3.8) is 0 Å². The summed E-state index contributed by atoms with van der Waals surface area (Å²) in [6, 6.07) is 0. The molecule has 0 amide bonds. The first-order chi connectivity index (χ1) is 4.70. The number of hydrogen-bond donors (Lipinski definition) is 1. The second-order valence-electron chi connectivity index (χ2n) is 2.16. The quantitative estimate of drug-likeness (QED) is 0.469. The lowest BCUT2D eigenvalue weighted by molar-refractivity contribution is 0.433. The molecule has 10 heavy (non-hydrogen) atoms. The molecule has 0 aromatic heterocycles. The molecule has 0 fully saturated rings. The van der Waals surface area contributed by atoms with Crippen molar-refractivity contribution in [1.82, 2.24) is 0 Å². The maximum Gasteiger partial charge on any atom is 0.114 e. The van der Waals surface area contributed by atoms with Crippen molar-refractivity contribution in [2.24, 2.45) is 0 Å². The molecule has 1 N–H and O–H groups in total. The smallest absolute Gasteiger partial charge is 0.114 e. The summed E-state index contributed by atoms with van der Waals surface area (Å²) in [5.41, 5.74) is 1.24. The summed E-state index contributed by atoms with van der Waals surface area (Å²) < 4.78 is 0. The summed E-state index contributed by atoms with van der Waals surface area (Å²) in [4.78, 5) is 0. The number of rotatable bonds is 3. The average molecular weight is 138 g/mol. The Hall–Kier alpha value is -0.980. The Labute approximate surface area is 62.4 Å². The molecule has 0 aliphatic carbocycles. The van der Waals surface area contributed by atoms with E-state index in [2.05, 4.69) is 13.5 Å². The van der Waals surface area contributed by atoms with E-state index in [1.165, 1.54) is 11.6 Å². The summed E-state index contributed by atoms with van der Waals surface area (Å²) in [5.74, 6) is 0.216. The molecule has 1 heteroatoms. The molecule has 0 aliphatic rings. The Bertz CT molecular complexity index is 164. The molecule has 0 saturated heterocycles. The van der Waals surface area contributed by atoms with E-state index in [-0.39, 0.29) is 5.76 Å². The molecule has 0 saturated carbocycles. The highest BCUT2D eigenvalue weighted by molar-refractivity contribution is 5.18. The van der Waals surface area contributed by atoms with Crippen LogP contribution in [0.25, 0.3) is 0 Å². The Morgan fingerprint density at radius 1 is 1.50 bits per heavy atom. The van der Waals surface area contributed by atoms with Gasteiger partial charge in [0, 0.05) is 0 Å². The first-order valence-electron chi connectivity index (χ1n) is 3.39. The maximum atomic E-state index is 8.90. The van der Waals surface area contributed by atoms with Gasteiger partial charge < -0.3 is 5.11 Å². The Morgan fingerprint density at radius 2 is 2.10 bits per heavy atom. The predicted molar refractivity (Wildman–Crippen MR) is 45.0 cm³/mol. The minimum Gasteiger partial charge on any atom is -0.508 e. The van der Waals surface area contributed by atoms with Crippen molar-refractivity contribution in [1.29, 1.82) is 0 Å². The van der Waals surface area contributed by atoms with Crippen LogP contribution < -0.4 is 0 Å². The second-order valence-corrected chi connectivity index (χ2v) is 2.16. The molecular formula is C9H14O. The van der Waals surface area contributed by atoms with Crippen LogP contribution in [-0.2, 0) is 0 Å². The normalized spacial score (nSPS) is 13.4. The zero-order chi connectivity index (χ0) is 7.98. The van der Waals surface area contributed by atoms with Gasteiger partial charge in [-0.3, -0.25) is 0 Å². The van der Waals surface area contributed by atoms with Gasteiger partial charge in [-0.15, -0.1) is 0 Å². The zero-order valence-electron chi connectivity index (χ0n) is 6.59. The minimum atomic E-state index is 0.216. The van der Waals surface area contributed by atoms with Gasteiger partial charge in [0.05, 0.1) is 0 Å². The van der Waals surface area contributed by atoms with Gasteiger partial charge in [0.15, 0.2) is 0 Å².